The molecule has 8 heteroatoms. The second kappa shape index (κ2) is 9.52. The van der Waals surface area contributed by atoms with E-state index in [1.54, 1.807) is 13.2 Å². The summed E-state index contributed by atoms with van der Waals surface area (Å²) in [6.45, 7) is 6.49. The van der Waals surface area contributed by atoms with E-state index in [1.807, 2.05) is 0 Å². The van der Waals surface area contributed by atoms with Crippen LogP contribution in [0.15, 0.2) is 11.8 Å². The van der Waals surface area contributed by atoms with Crippen LogP contribution in [0.4, 0.5) is 0 Å². The van der Waals surface area contributed by atoms with Crippen molar-refractivity contribution in [2.45, 2.75) is 127 Å². The maximum atomic E-state index is 12.4. The predicted octanol–water partition coefficient (Wildman–Crippen LogP) is 3.46. The lowest BCUT2D eigenvalue weighted by Crippen LogP contribution is -2.62. The molecule has 3 N–H and O–H groups in total. The first-order valence-electron chi connectivity index (χ1n) is 14.8. The molecule has 0 amide bonds. The molecule has 0 unspecified atom stereocenters. The summed E-state index contributed by atoms with van der Waals surface area (Å²) in [6, 6.07) is 0. The minimum Gasteiger partial charge on any atom is -0.434 e. The van der Waals surface area contributed by atoms with Crippen molar-refractivity contribution in [3.8, 4) is 0 Å². The molecule has 1 saturated heterocycles. The van der Waals surface area contributed by atoms with Gasteiger partial charge in [-0.05, 0) is 99.4 Å². The number of carbonyl (C=O) groups excluding carboxylic acids is 1. The normalized spacial score (nSPS) is 54.5. The third-order valence-corrected chi connectivity index (χ3v) is 12.3. The first-order valence-corrected chi connectivity index (χ1v) is 14.8. The van der Waals surface area contributed by atoms with Crippen molar-refractivity contribution < 1.29 is 39.1 Å². The number of methoxy groups -OCH3 is 1. The molecule has 0 spiro atoms. The molecule has 0 radical (unpaired) electrons. The number of esters is 1. The molecule has 6 rings (SSSR count). The molecular weight excluding hydrogens is 488 g/mol. The Balaban J connectivity index is 1.15. The summed E-state index contributed by atoms with van der Waals surface area (Å²) in [5.74, 6) is 1.29. The number of ether oxygens (including phenoxy) is 4. The standard InChI is InChI=1S/C30H46O8/c1-16-24(32)26(35-4)25(33)27(37-16)38-19-7-10-28(2)18(14-19)5-6-22-21(28)8-11-29(3)20(9-12-30(22,29)34)17-13-23(31)36-15-17/h15-16,18-22,24-27,32-34H,5-14H2,1-4H3/t16-,18-,19+,20-,21+,22-,24+,25-,26+,27+,28+,29-,30+/m1/s1. The third kappa shape index (κ3) is 3.88. The van der Waals surface area contributed by atoms with Gasteiger partial charge in [-0.15, -0.1) is 0 Å². The molecule has 0 aromatic heterocycles. The van der Waals surface area contributed by atoms with Crippen molar-refractivity contribution in [1.82, 2.24) is 0 Å². The van der Waals surface area contributed by atoms with Gasteiger partial charge in [0.2, 0.25) is 0 Å². The number of fused-ring (bicyclic) bond motifs is 5. The minimum absolute atomic E-state index is 0.0103. The van der Waals surface area contributed by atoms with Crippen LogP contribution in [0.25, 0.3) is 0 Å². The summed E-state index contributed by atoms with van der Waals surface area (Å²) in [7, 11) is 1.49. The Morgan fingerprint density at radius 3 is 2.50 bits per heavy atom. The van der Waals surface area contributed by atoms with Crippen LogP contribution in [-0.4, -0.2) is 70.8 Å². The van der Waals surface area contributed by atoms with E-state index in [9.17, 15) is 20.1 Å². The summed E-state index contributed by atoms with van der Waals surface area (Å²) in [5, 5.41) is 33.5. The van der Waals surface area contributed by atoms with Crippen LogP contribution in [0.1, 0.15) is 85.0 Å². The van der Waals surface area contributed by atoms with Gasteiger partial charge in [-0.25, -0.2) is 0 Å². The largest absolute Gasteiger partial charge is 0.434 e. The Bertz CT molecular complexity index is 968. The summed E-state index contributed by atoms with van der Waals surface area (Å²) in [6.07, 6.45) is 6.81. The SMILES string of the molecule is CO[C@H]1[C@@H](O)[C@@H](C)O[C@@H](O[C@H]2CC[C@@]3(C)[C@H](CC[C@@H]4[C@@H]3CC[C@]3(C)[C@@H](C5=COC(=O)C5)CC[C@]43O)C2)[C@@H]1O. The van der Waals surface area contributed by atoms with E-state index in [4.69, 9.17) is 18.9 Å². The second-order valence-corrected chi connectivity index (χ2v) is 13.7. The van der Waals surface area contributed by atoms with E-state index in [0.29, 0.717) is 18.3 Å². The Hall–Kier alpha value is -1.03. The molecule has 38 heavy (non-hydrogen) atoms. The molecule has 2 heterocycles. The zero-order valence-corrected chi connectivity index (χ0v) is 23.3. The molecule has 0 aromatic rings. The zero-order chi connectivity index (χ0) is 27.0. The van der Waals surface area contributed by atoms with Gasteiger partial charge in [-0.1, -0.05) is 13.8 Å². The maximum absolute atomic E-state index is 12.4. The smallest absolute Gasteiger partial charge is 0.314 e. The molecule has 8 nitrogen and oxygen atoms in total. The molecule has 4 aliphatic carbocycles. The van der Waals surface area contributed by atoms with Gasteiger partial charge in [0.05, 0.1) is 30.5 Å². The summed E-state index contributed by atoms with van der Waals surface area (Å²) < 4.78 is 22.7. The molecule has 13 atom stereocenters. The van der Waals surface area contributed by atoms with Crippen LogP contribution in [0.3, 0.4) is 0 Å². The average Bonchev–Trinajstić information content (AvgIpc) is 3.43. The Kier molecular flexibility index (Phi) is 6.80. The van der Waals surface area contributed by atoms with Crippen LogP contribution >= 0.6 is 0 Å². The van der Waals surface area contributed by atoms with Crippen LogP contribution < -0.4 is 0 Å². The number of aliphatic hydroxyl groups is 3. The van der Waals surface area contributed by atoms with Crippen LogP contribution in [0, 0.1) is 34.5 Å². The van der Waals surface area contributed by atoms with E-state index >= 15 is 0 Å². The second-order valence-electron chi connectivity index (χ2n) is 13.7. The number of carbonyl (C=O) groups is 1. The highest BCUT2D eigenvalue weighted by atomic mass is 16.7. The van der Waals surface area contributed by atoms with E-state index in [2.05, 4.69) is 13.8 Å². The Morgan fingerprint density at radius 1 is 1.00 bits per heavy atom. The highest BCUT2D eigenvalue weighted by Gasteiger charge is 2.67. The fourth-order valence-corrected chi connectivity index (χ4v) is 10.1. The Labute approximate surface area is 226 Å². The molecule has 2 aliphatic heterocycles. The monoisotopic (exact) mass is 534 g/mol. The lowest BCUT2D eigenvalue weighted by molar-refractivity contribution is -0.313. The maximum Gasteiger partial charge on any atom is 0.314 e. The van der Waals surface area contributed by atoms with E-state index < -0.39 is 36.3 Å². The first-order chi connectivity index (χ1) is 18.0. The van der Waals surface area contributed by atoms with Crippen molar-refractivity contribution in [1.29, 1.82) is 0 Å². The summed E-state index contributed by atoms with van der Waals surface area (Å²) in [4.78, 5) is 11.8. The molecular formula is C30H46O8. The molecule has 6 aliphatic rings. The van der Waals surface area contributed by atoms with Gasteiger partial charge >= 0.3 is 5.97 Å². The molecule has 214 valence electrons. The average molecular weight is 535 g/mol. The van der Waals surface area contributed by atoms with Crippen molar-refractivity contribution in [3.05, 3.63) is 11.8 Å². The number of hydrogen-bond donors (Lipinski definition) is 3. The fourth-order valence-electron chi connectivity index (χ4n) is 10.1. The summed E-state index contributed by atoms with van der Waals surface area (Å²) in [5.41, 5.74) is 0.300. The highest BCUT2D eigenvalue weighted by Crippen LogP contribution is 2.70. The van der Waals surface area contributed by atoms with Gasteiger partial charge in [-0.2, -0.15) is 0 Å². The Morgan fingerprint density at radius 2 is 1.79 bits per heavy atom. The van der Waals surface area contributed by atoms with Gasteiger partial charge < -0.3 is 34.3 Å². The predicted molar refractivity (Wildman–Crippen MR) is 137 cm³/mol. The van der Waals surface area contributed by atoms with Crippen molar-refractivity contribution >= 4 is 5.97 Å². The molecule has 0 bridgehead atoms. The van der Waals surface area contributed by atoms with Gasteiger partial charge in [0.1, 0.15) is 18.3 Å². The lowest BCUT2D eigenvalue weighted by Gasteiger charge is -2.64. The van der Waals surface area contributed by atoms with Crippen molar-refractivity contribution in [2.75, 3.05) is 7.11 Å². The summed E-state index contributed by atoms with van der Waals surface area (Å²) >= 11 is 0. The van der Waals surface area contributed by atoms with Crippen molar-refractivity contribution in [2.24, 2.45) is 34.5 Å². The molecule has 4 saturated carbocycles. The number of aliphatic hydroxyl groups excluding tert-OH is 2. The van der Waals surface area contributed by atoms with Crippen molar-refractivity contribution in [3.63, 3.8) is 0 Å². The minimum atomic E-state index is -1.04. The number of cyclic esters (lactones) is 1. The van der Waals surface area contributed by atoms with E-state index in [0.717, 1.165) is 63.4 Å². The van der Waals surface area contributed by atoms with Crippen LogP contribution in [-0.2, 0) is 23.7 Å². The van der Waals surface area contributed by atoms with Gasteiger partial charge in [-0.3, -0.25) is 4.79 Å². The topological polar surface area (TPSA) is 115 Å². The van der Waals surface area contributed by atoms with E-state index in [1.165, 1.54) is 7.11 Å². The fraction of sp³-hybridized carbons (Fsp3) is 0.900. The number of rotatable bonds is 4. The number of hydrogen-bond acceptors (Lipinski definition) is 8. The van der Waals surface area contributed by atoms with Gasteiger partial charge in [0.15, 0.2) is 6.29 Å². The molecule has 0 aromatic carbocycles. The van der Waals surface area contributed by atoms with Crippen LogP contribution in [0.2, 0.25) is 0 Å². The van der Waals surface area contributed by atoms with Crippen LogP contribution in [0.5, 0.6) is 0 Å². The third-order valence-electron chi connectivity index (χ3n) is 12.3. The zero-order valence-electron chi connectivity index (χ0n) is 23.3. The highest BCUT2D eigenvalue weighted by molar-refractivity contribution is 5.76. The van der Waals surface area contributed by atoms with Gasteiger partial charge in [0, 0.05) is 12.5 Å². The quantitative estimate of drug-likeness (QED) is 0.371. The van der Waals surface area contributed by atoms with Gasteiger partial charge in [0.25, 0.3) is 0 Å². The lowest BCUT2D eigenvalue weighted by atomic mass is 9.43. The molecule has 5 fully saturated rings. The first kappa shape index (κ1) is 27.2. The van der Waals surface area contributed by atoms with E-state index in [-0.39, 0.29) is 34.7 Å².